The maximum atomic E-state index is 5.86. The summed E-state index contributed by atoms with van der Waals surface area (Å²) in [6.45, 7) is 2.30. The molecule has 18 heavy (non-hydrogen) atoms. The highest BCUT2D eigenvalue weighted by molar-refractivity contribution is 5.44. The van der Waals surface area contributed by atoms with Crippen molar-refractivity contribution in [2.24, 2.45) is 5.73 Å². The molecule has 4 nitrogen and oxygen atoms in total. The Morgan fingerprint density at radius 3 is 2.56 bits per heavy atom. The minimum Gasteiger partial charge on any atom is -0.493 e. The van der Waals surface area contributed by atoms with E-state index in [2.05, 4.69) is 4.98 Å². The van der Waals surface area contributed by atoms with E-state index >= 15 is 0 Å². The quantitative estimate of drug-likeness (QED) is 0.898. The molecule has 0 saturated heterocycles. The first-order chi connectivity index (χ1) is 8.74. The van der Waals surface area contributed by atoms with Crippen molar-refractivity contribution in [1.29, 1.82) is 0 Å². The lowest BCUT2D eigenvalue weighted by Crippen LogP contribution is -2.01. The molecule has 0 bridgehead atoms. The molecule has 0 saturated carbocycles. The number of pyridine rings is 1. The lowest BCUT2D eigenvalue weighted by atomic mass is 10.2. The average molecular weight is 244 g/mol. The molecule has 0 atom stereocenters. The van der Waals surface area contributed by atoms with Gasteiger partial charge in [0.1, 0.15) is 5.75 Å². The second kappa shape index (κ2) is 5.51. The molecule has 0 aliphatic rings. The van der Waals surface area contributed by atoms with Crippen LogP contribution >= 0.6 is 0 Å². The lowest BCUT2D eigenvalue weighted by Gasteiger charge is -2.12. The fraction of sp³-hybridized carbons (Fsp3) is 0.214. The van der Waals surface area contributed by atoms with Crippen molar-refractivity contribution in [1.82, 2.24) is 4.98 Å². The molecule has 0 radical (unpaired) electrons. The van der Waals surface area contributed by atoms with Crippen LogP contribution in [0.1, 0.15) is 11.3 Å². The second-order valence-corrected chi connectivity index (χ2v) is 3.89. The third kappa shape index (κ3) is 2.60. The SMILES string of the molecule is COc1ccccc1Oc1cc(C)ncc1CN. The Bertz CT molecular complexity index is 541. The Labute approximate surface area is 106 Å². The van der Waals surface area contributed by atoms with Crippen LogP contribution in [0, 0.1) is 6.92 Å². The highest BCUT2D eigenvalue weighted by atomic mass is 16.5. The van der Waals surface area contributed by atoms with Crippen molar-refractivity contribution < 1.29 is 9.47 Å². The average Bonchev–Trinajstić information content (AvgIpc) is 2.40. The Kier molecular flexibility index (Phi) is 3.79. The molecule has 0 spiro atoms. The van der Waals surface area contributed by atoms with Crippen LogP contribution in [0.5, 0.6) is 17.2 Å². The maximum absolute atomic E-state index is 5.86. The van der Waals surface area contributed by atoms with Gasteiger partial charge in [0.2, 0.25) is 0 Å². The number of hydrogen-bond acceptors (Lipinski definition) is 4. The van der Waals surface area contributed by atoms with E-state index in [1.807, 2.05) is 37.3 Å². The highest BCUT2D eigenvalue weighted by Gasteiger charge is 2.08. The van der Waals surface area contributed by atoms with E-state index in [0.29, 0.717) is 18.0 Å². The predicted octanol–water partition coefficient (Wildman–Crippen LogP) is 2.65. The fourth-order valence-electron chi connectivity index (χ4n) is 1.63. The molecule has 4 heteroatoms. The first kappa shape index (κ1) is 12.4. The topological polar surface area (TPSA) is 57.4 Å². The number of ether oxygens (including phenoxy) is 2. The number of rotatable bonds is 4. The standard InChI is InChI=1S/C14H16N2O2/c1-10-7-14(11(8-15)9-16-10)18-13-6-4-3-5-12(13)17-2/h3-7,9H,8,15H2,1-2H3. The molecule has 2 N–H and O–H groups in total. The molecule has 1 aromatic heterocycles. The normalized spacial score (nSPS) is 10.2. The zero-order valence-electron chi connectivity index (χ0n) is 10.5. The first-order valence-electron chi connectivity index (χ1n) is 5.71. The lowest BCUT2D eigenvalue weighted by molar-refractivity contribution is 0.377. The van der Waals surface area contributed by atoms with Gasteiger partial charge in [-0.2, -0.15) is 0 Å². The van der Waals surface area contributed by atoms with E-state index in [1.165, 1.54) is 0 Å². The summed E-state index contributed by atoms with van der Waals surface area (Å²) in [5.74, 6) is 2.07. The van der Waals surface area contributed by atoms with Crippen LogP contribution in [0.3, 0.4) is 0 Å². The Balaban J connectivity index is 2.36. The predicted molar refractivity (Wildman–Crippen MR) is 69.9 cm³/mol. The summed E-state index contributed by atoms with van der Waals surface area (Å²) < 4.78 is 11.1. The summed E-state index contributed by atoms with van der Waals surface area (Å²) in [6, 6.07) is 9.37. The molecule has 0 aliphatic heterocycles. The van der Waals surface area contributed by atoms with Crippen LogP contribution in [-0.4, -0.2) is 12.1 Å². The van der Waals surface area contributed by atoms with Crippen molar-refractivity contribution in [3.63, 3.8) is 0 Å². The highest BCUT2D eigenvalue weighted by Crippen LogP contribution is 2.32. The zero-order valence-corrected chi connectivity index (χ0v) is 10.5. The molecule has 0 unspecified atom stereocenters. The zero-order chi connectivity index (χ0) is 13.0. The number of hydrogen-bond donors (Lipinski definition) is 1. The summed E-state index contributed by atoms with van der Waals surface area (Å²) >= 11 is 0. The molecule has 1 heterocycles. The molecule has 0 aliphatic carbocycles. The van der Waals surface area contributed by atoms with Crippen molar-refractivity contribution in [2.45, 2.75) is 13.5 Å². The van der Waals surface area contributed by atoms with Crippen LogP contribution in [0.4, 0.5) is 0 Å². The summed E-state index contributed by atoms with van der Waals surface area (Å²) in [5.41, 5.74) is 7.43. The third-order valence-electron chi connectivity index (χ3n) is 2.59. The van der Waals surface area contributed by atoms with Gasteiger partial charge in [-0.25, -0.2) is 0 Å². The van der Waals surface area contributed by atoms with Gasteiger partial charge in [-0.3, -0.25) is 4.98 Å². The van der Waals surface area contributed by atoms with Crippen molar-refractivity contribution >= 4 is 0 Å². The Hall–Kier alpha value is -2.07. The van der Waals surface area contributed by atoms with Crippen molar-refractivity contribution in [3.8, 4) is 17.2 Å². The molecular formula is C14H16N2O2. The van der Waals surface area contributed by atoms with Crippen LogP contribution in [0.15, 0.2) is 36.5 Å². The number of aryl methyl sites for hydroxylation is 1. The first-order valence-corrected chi connectivity index (χ1v) is 5.71. The van der Waals surface area contributed by atoms with E-state index in [9.17, 15) is 0 Å². The molecule has 0 amide bonds. The van der Waals surface area contributed by atoms with E-state index in [0.717, 1.165) is 17.0 Å². The van der Waals surface area contributed by atoms with Gasteiger partial charge in [-0.1, -0.05) is 12.1 Å². The van der Waals surface area contributed by atoms with Gasteiger partial charge in [0.25, 0.3) is 0 Å². The van der Waals surface area contributed by atoms with E-state index in [4.69, 9.17) is 15.2 Å². The van der Waals surface area contributed by atoms with Crippen LogP contribution in [-0.2, 0) is 6.54 Å². The molecule has 1 aromatic carbocycles. The molecule has 0 fully saturated rings. The minimum absolute atomic E-state index is 0.387. The van der Waals surface area contributed by atoms with Crippen molar-refractivity contribution in [3.05, 3.63) is 47.8 Å². The molecule has 2 rings (SSSR count). The van der Waals surface area contributed by atoms with Gasteiger partial charge in [0.15, 0.2) is 11.5 Å². The summed E-state index contributed by atoms with van der Waals surface area (Å²) in [7, 11) is 1.61. The van der Waals surface area contributed by atoms with Gasteiger partial charge in [0.05, 0.1) is 7.11 Å². The van der Waals surface area contributed by atoms with Gasteiger partial charge >= 0.3 is 0 Å². The number of nitrogens with two attached hydrogens (primary N) is 1. The number of para-hydroxylation sites is 2. The number of nitrogens with zero attached hydrogens (tertiary/aromatic N) is 1. The molecule has 2 aromatic rings. The third-order valence-corrected chi connectivity index (χ3v) is 2.59. The van der Waals surface area contributed by atoms with Gasteiger partial charge in [0, 0.05) is 30.1 Å². The number of benzene rings is 1. The minimum atomic E-state index is 0.387. The van der Waals surface area contributed by atoms with Crippen LogP contribution < -0.4 is 15.2 Å². The summed E-state index contributed by atoms with van der Waals surface area (Å²) in [6.07, 6.45) is 1.74. The van der Waals surface area contributed by atoms with Crippen LogP contribution in [0.2, 0.25) is 0 Å². The van der Waals surface area contributed by atoms with Crippen LogP contribution in [0.25, 0.3) is 0 Å². The van der Waals surface area contributed by atoms with E-state index in [1.54, 1.807) is 13.3 Å². The monoisotopic (exact) mass is 244 g/mol. The Morgan fingerprint density at radius 2 is 1.89 bits per heavy atom. The number of methoxy groups -OCH3 is 1. The van der Waals surface area contributed by atoms with E-state index < -0.39 is 0 Å². The van der Waals surface area contributed by atoms with Crippen molar-refractivity contribution in [2.75, 3.05) is 7.11 Å². The van der Waals surface area contributed by atoms with Gasteiger partial charge < -0.3 is 15.2 Å². The fourth-order valence-corrected chi connectivity index (χ4v) is 1.63. The molecule has 94 valence electrons. The smallest absolute Gasteiger partial charge is 0.169 e. The summed E-state index contributed by atoms with van der Waals surface area (Å²) in [4.78, 5) is 4.20. The summed E-state index contributed by atoms with van der Waals surface area (Å²) in [5, 5.41) is 0. The van der Waals surface area contributed by atoms with Gasteiger partial charge in [-0.05, 0) is 19.1 Å². The van der Waals surface area contributed by atoms with Gasteiger partial charge in [-0.15, -0.1) is 0 Å². The largest absolute Gasteiger partial charge is 0.493 e. The second-order valence-electron chi connectivity index (χ2n) is 3.89. The van der Waals surface area contributed by atoms with E-state index in [-0.39, 0.29) is 0 Å². The molecular weight excluding hydrogens is 228 g/mol. The Morgan fingerprint density at radius 1 is 1.17 bits per heavy atom. The number of aromatic nitrogens is 1. The maximum Gasteiger partial charge on any atom is 0.169 e.